The van der Waals surface area contributed by atoms with Crippen molar-refractivity contribution in [1.82, 2.24) is 0 Å². The Kier molecular flexibility index (Phi) is 12.4. The molecule has 0 fully saturated rings. The van der Waals surface area contributed by atoms with E-state index in [4.69, 9.17) is 0 Å². The van der Waals surface area contributed by atoms with Crippen molar-refractivity contribution in [2.75, 3.05) is 12.4 Å². The van der Waals surface area contributed by atoms with Gasteiger partial charge in [0.05, 0.1) is 7.11 Å². The predicted octanol–water partition coefficient (Wildman–Crippen LogP) is 3.80. The molecule has 0 N–H and O–H groups in total. The molecule has 0 amide bonds. The third kappa shape index (κ3) is 9.40. The number of hydrogen-bond acceptors (Lipinski definition) is 3. The van der Waals surface area contributed by atoms with Crippen LogP contribution in [0.15, 0.2) is 11.6 Å². The minimum absolute atomic E-state index is 0.249. The van der Waals surface area contributed by atoms with Crippen LogP contribution in [0.2, 0.25) is 0 Å². The van der Waals surface area contributed by atoms with Crippen LogP contribution in [-0.2, 0) is 14.3 Å². The number of alkyl halides is 1. The monoisotopic (exact) mass is 318 g/mol. The predicted molar refractivity (Wildman–Crippen MR) is 76.9 cm³/mol. The number of unbranched alkanes of at least 4 members (excludes halogenated alkanes) is 7. The van der Waals surface area contributed by atoms with Crippen LogP contribution in [0.25, 0.3) is 0 Å². The first-order valence-corrected chi connectivity index (χ1v) is 7.65. The Balaban J connectivity index is 3.50. The van der Waals surface area contributed by atoms with E-state index in [-0.39, 0.29) is 5.97 Å². The van der Waals surface area contributed by atoms with Gasteiger partial charge < -0.3 is 9.53 Å². The second-order valence-corrected chi connectivity index (χ2v) is 4.78. The first kappa shape index (κ1) is 17.4. The number of hydrogen-bond donors (Lipinski definition) is 0. The van der Waals surface area contributed by atoms with Gasteiger partial charge in [0, 0.05) is 17.3 Å². The van der Waals surface area contributed by atoms with Crippen molar-refractivity contribution in [3.63, 3.8) is 0 Å². The number of ether oxygens (including phenoxy) is 1. The number of carbonyl (C=O) groups is 2. The summed E-state index contributed by atoms with van der Waals surface area (Å²) >= 11 is 3.28. The summed E-state index contributed by atoms with van der Waals surface area (Å²) in [5.74, 6) is -0.249. The highest BCUT2D eigenvalue weighted by Gasteiger charge is 2.06. The van der Waals surface area contributed by atoms with E-state index in [1.54, 1.807) is 0 Å². The number of methoxy groups -OCH3 is 1. The normalized spacial score (nSPS) is 11.3. The van der Waals surface area contributed by atoms with E-state index in [0.717, 1.165) is 32.0 Å². The molecule has 0 radical (unpaired) electrons. The number of esters is 1. The zero-order chi connectivity index (χ0) is 13.6. The van der Waals surface area contributed by atoms with E-state index in [9.17, 15) is 9.59 Å². The Hall–Kier alpha value is -0.640. The summed E-state index contributed by atoms with van der Waals surface area (Å²) < 4.78 is 4.67. The lowest BCUT2D eigenvalue weighted by Crippen LogP contribution is -2.05. The van der Waals surface area contributed by atoms with Crippen LogP contribution in [0.3, 0.4) is 0 Å². The second-order valence-electron chi connectivity index (χ2n) is 4.22. The van der Waals surface area contributed by atoms with Crippen LogP contribution >= 0.6 is 15.9 Å². The summed E-state index contributed by atoms with van der Waals surface area (Å²) in [5.41, 5.74) is 0.698. The molecule has 3 nitrogen and oxygen atoms in total. The van der Waals surface area contributed by atoms with E-state index in [1.165, 1.54) is 26.4 Å². The molecule has 0 aliphatic carbocycles. The summed E-state index contributed by atoms with van der Waals surface area (Å²) in [4.78, 5) is 21.4. The molecule has 0 bridgehead atoms. The van der Waals surface area contributed by atoms with Gasteiger partial charge in [-0.25, -0.2) is 4.79 Å². The summed E-state index contributed by atoms with van der Waals surface area (Å²) in [6.45, 7) is 0. The highest BCUT2D eigenvalue weighted by molar-refractivity contribution is 9.09. The minimum atomic E-state index is -0.249. The Labute approximate surface area is 118 Å². The van der Waals surface area contributed by atoms with Crippen molar-refractivity contribution in [3.05, 3.63) is 11.6 Å². The maximum atomic E-state index is 11.3. The van der Waals surface area contributed by atoms with Gasteiger partial charge in [-0.05, 0) is 19.3 Å². The lowest BCUT2D eigenvalue weighted by Gasteiger charge is -2.02. The number of halogens is 1. The van der Waals surface area contributed by atoms with Gasteiger partial charge in [-0.15, -0.1) is 0 Å². The van der Waals surface area contributed by atoms with Gasteiger partial charge in [0.1, 0.15) is 6.29 Å². The van der Waals surface area contributed by atoms with E-state index in [0.29, 0.717) is 17.3 Å². The highest BCUT2D eigenvalue weighted by atomic mass is 79.9. The summed E-state index contributed by atoms with van der Waals surface area (Å²) in [6.07, 6.45) is 11.4. The molecule has 0 rings (SSSR count). The van der Waals surface area contributed by atoms with Gasteiger partial charge >= 0.3 is 5.97 Å². The molecule has 18 heavy (non-hydrogen) atoms. The highest BCUT2D eigenvalue weighted by Crippen LogP contribution is 2.10. The molecule has 0 aromatic rings. The molecule has 0 aromatic heterocycles. The van der Waals surface area contributed by atoms with Crippen molar-refractivity contribution >= 4 is 28.2 Å². The molecule has 0 unspecified atom stereocenters. The molecule has 0 spiro atoms. The largest absolute Gasteiger partial charge is 0.466 e. The van der Waals surface area contributed by atoms with E-state index in [2.05, 4.69) is 20.7 Å². The SMILES string of the molecule is COC(=O)/C(=C/CCCCCCCCC=O)CBr. The zero-order valence-electron chi connectivity index (χ0n) is 11.1. The van der Waals surface area contributed by atoms with Crippen LogP contribution in [-0.4, -0.2) is 24.7 Å². The first-order chi connectivity index (χ1) is 8.76. The van der Waals surface area contributed by atoms with Gasteiger partial charge in [-0.1, -0.05) is 47.7 Å². The van der Waals surface area contributed by atoms with E-state index >= 15 is 0 Å². The zero-order valence-corrected chi connectivity index (χ0v) is 12.7. The van der Waals surface area contributed by atoms with Crippen molar-refractivity contribution in [2.45, 2.75) is 51.4 Å². The smallest absolute Gasteiger partial charge is 0.334 e. The number of carbonyl (C=O) groups excluding carboxylic acids is 2. The molecular formula is C14H23BrO3. The number of rotatable bonds is 11. The maximum Gasteiger partial charge on any atom is 0.334 e. The van der Waals surface area contributed by atoms with Crippen LogP contribution in [0.5, 0.6) is 0 Å². The molecule has 104 valence electrons. The van der Waals surface area contributed by atoms with Gasteiger partial charge in [0.15, 0.2) is 0 Å². The van der Waals surface area contributed by atoms with Crippen molar-refractivity contribution in [3.8, 4) is 0 Å². The van der Waals surface area contributed by atoms with Crippen molar-refractivity contribution < 1.29 is 14.3 Å². The van der Waals surface area contributed by atoms with Crippen molar-refractivity contribution in [1.29, 1.82) is 0 Å². The third-order valence-corrected chi connectivity index (χ3v) is 3.36. The standard InChI is InChI=1S/C14H23BrO3/c1-18-14(17)13(12-15)10-8-6-4-2-3-5-7-9-11-16/h10-11H,2-9,12H2,1H3/b13-10+. The maximum absolute atomic E-state index is 11.3. The topological polar surface area (TPSA) is 43.4 Å². The third-order valence-electron chi connectivity index (χ3n) is 2.76. The van der Waals surface area contributed by atoms with Gasteiger partial charge in [-0.3, -0.25) is 0 Å². The average Bonchev–Trinajstić information content (AvgIpc) is 2.40. The Morgan fingerprint density at radius 3 is 2.11 bits per heavy atom. The fraction of sp³-hybridized carbons (Fsp3) is 0.714. The molecular weight excluding hydrogens is 296 g/mol. The lowest BCUT2D eigenvalue weighted by atomic mass is 10.1. The molecule has 0 aromatic carbocycles. The molecule has 0 saturated heterocycles. The van der Waals surface area contributed by atoms with Gasteiger partial charge in [0.2, 0.25) is 0 Å². The fourth-order valence-corrected chi connectivity index (χ4v) is 2.14. The summed E-state index contributed by atoms with van der Waals surface area (Å²) in [7, 11) is 1.40. The number of allylic oxidation sites excluding steroid dienone is 1. The van der Waals surface area contributed by atoms with Gasteiger partial charge in [0.25, 0.3) is 0 Å². The average molecular weight is 319 g/mol. The van der Waals surface area contributed by atoms with E-state index < -0.39 is 0 Å². The fourth-order valence-electron chi connectivity index (χ4n) is 1.68. The van der Waals surface area contributed by atoms with Crippen LogP contribution in [0.1, 0.15) is 51.4 Å². The Morgan fingerprint density at radius 2 is 1.61 bits per heavy atom. The first-order valence-electron chi connectivity index (χ1n) is 6.53. The molecule has 4 heteroatoms. The lowest BCUT2D eigenvalue weighted by molar-refractivity contribution is -0.136. The number of aldehydes is 1. The van der Waals surface area contributed by atoms with Gasteiger partial charge in [-0.2, -0.15) is 0 Å². The summed E-state index contributed by atoms with van der Waals surface area (Å²) in [6, 6.07) is 0. The van der Waals surface area contributed by atoms with Crippen LogP contribution in [0, 0.1) is 0 Å². The molecule has 0 heterocycles. The van der Waals surface area contributed by atoms with E-state index in [1.807, 2.05) is 6.08 Å². The molecule has 0 aliphatic heterocycles. The minimum Gasteiger partial charge on any atom is -0.466 e. The molecule has 0 aliphatic rings. The quantitative estimate of drug-likeness (QED) is 0.191. The van der Waals surface area contributed by atoms with Crippen LogP contribution in [0.4, 0.5) is 0 Å². The van der Waals surface area contributed by atoms with Crippen LogP contribution < -0.4 is 0 Å². The molecule has 0 saturated carbocycles. The Morgan fingerprint density at radius 1 is 1.06 bits per heavy atom. The second kappa shape index (κ2) is 12.8. The summed E-state index contributed by atoms with van der Waals surface area (Å²) in [5, 5.41) is 0.547. The molecule has 0 atom stereocenters. The Bertz CT molecular complexity index is 262. The van der Waals surface area contributed by atoms with Crippen molar-refractivity contribution in [2.24, 2.45) is 0 Å².